The molecule has 3 fully saturated rings. The molecule has 7 atom stereocenters. The maximum Gasteiger partial charge on any atom is 0.319 e. The second-order valence-corrected chi connectivity index (χ2v) is 12.9. The van der Waals surface area contributed by atoms with Gasteiger partial charge in [0, 0.05) is 18.1 Å². The Balaban J connectivity index is 1.46. The molecule has 1 heterocycles. The van der Waals surface area contributed by atoms with Crippen LogP contribution in [0.3, 0.4) is 0 Å². The van der Waals surface area contributed by atoms with Gasteiger partial charge in [-0.05, 0) is 99.9 Å². The van der Waals surface area contributed by atoms with Gasteiger partial charge >= 0.3 is 6.03 Å². The number of aliphatic imine (C=N–C) groups is 2. The van der Waals surface area contributed by atoms with Crippen LogP contribution in [0.4, 0.5) is 10.5 Å². The number of rotatable bonds is 5. The molecule has 0 saturated heterocycles. The molecular weight excluding hydrogens is 514 g/mol. The van der Waals surface area contributed by atoms with E-state index in [1.54, 1.807) is 36.3 Å². The van der Waals surface area contributed by atoms with Crippen molar-refractivity contribution in [3.63, 3.8) is 0 Å². The summed E-state index contributed by atoms with van der Waals surface area (Å²) in [6, 6.07) is 4.86. The summed E-state index contributed by atoms with van der Waals surface area (Å²) in [4.78, 5) is 37.4. The molecule has 39 heavy (non-hydrogen) atoms. The number of carbonyl (C=O) groups excluding carboxylic acids is 2. The first kappa shape index (κ1) is 27.7. The second-order valence-electron chi connectivity index (χ2n) is 12.5. The van der Waals surface area contributed by atoms with Crippen LogP contribution in [0.25, 0.3) is 0 Å². The van der Waals surface area contributed by atoms with Crippen LogP contribution in [0.2, 0.25) is 5.02 Å². The Hall–Kier alpha value is -2.87. The molecule has 0 spiro atoms. The number of halogens is 1. The number of ether oxygens (including phenoxy) is 1. The maximum atomic E-state index is 13.2. The smallest absolute Gasteiger partial charge is 0.319 e. The van der Waals surface area contributed by atoms with Crippen LogP contribution < -0.4 is 15.4 Å². The first-order chi connectivity index (χ1) is 18.4. The van der Waals surface area contributed by atoms with Crippen molar-refractivity contribution < 1.29 is 14.3 Å². The molecule has 0 radical (unpaired) electrons. The molecule has 0 aromatic heterocycles. The van der Waals surface area contributed by atoms with Gasteiger partial charge in [0.25, 0.3) is 0 Å². The summed E-state index contributed by atoms with van der Waals surface area (Å²) in [5.41, 5.74) is -1.57. The van der Waals surface area contributed by atoms with Crippen molar-refractivity contribution in [2.75, 3.05) is 19.5 Å². The molecule has 3 aliphatic carbocycles. The summed E-state index contributed by atoms with van der Waals surface area (Å²) < 4.78 is 5.40. The minimum absolute atomic E-state index is 0.0151. The van der Waals surface area contributed by atoms with Crippen molar-refractivity contribution >= 4 is 42.7 Å². The zero-order valence-corrected chi connectivity index (χ0v) is 24.4. The topological polar surface area (TPSA) is 95.4 Å². The summed E-state index contributed by atoms with van der Waals surface area (Å²) in [6.45, 7) is 15.0. The number of fused-ring (bicyclic) bond motifs is 5. The largest absolute Gasteiger partial charge is 0.495 e. The fourth-order valence-corrected chi connectivity index (χ4v) is 9.29. The Kier molecular flexibility index (Phi) is 6.45. The number of hydrogen-bond acceptors (Lipinski definition) is 5. The lowest BCUT2D eigenvalue weighted by molar-refractivity contribution is -0.179. The average molecular weight is 554 g/mol. The lowest BCUT2D eigenvalue weighted by atomic mass is 9.39. The lowest BCUT2D eigenvalue weighted by Gasteiger charge is -2.70. The number of likely N-dealkylation sites (N-methyl/N-ethyl adjacent to an activating group) is 1. The van der Waals surface area contributed by atoms with Gasteiger partial charge in [0.05, 0.1) is 23.8 Å². The van der Waals surface area contributed by atoms with Crippen LogP contribution in [0, 0.1) is 22.2 Å². The van der Waals surface area contributed by atoms with E-state index in [2.05, 4.69) is 49.8 Å². The summed E-state index contributed by atoms with van der Waals surface area (Å²) in [7, 11) is 3.39. The SMILES string of the molecule is C=N[C@]12CC[C@]3(C)[C@@H](NC(=O)Nc4cc(Cl)ccc4OC)CC[C@@]3(C)[C@@H]1CC[C@@]1(N=C)N(C)C(=O)C=C[C@]21C. The highest BCUT2D eigenvalue weighted by Crippen LogP contribution is 2.73. The zero-order valence-electron chi connectivity index (χ0n) is 23.6. The average Bonchev–Trinajstić information content (AvgIpc) is 3.17. The minimum Gasteiger partial charge on any atom is -0.495 e. The molecule has 3 saturated carbocycles. The van der Waals surface area contributed by atoms with Crippen molar-refractivity contribution in [1.82, 2.24) is 10.2 Å². The van der Waals surface area contributed by atoms with E-state index >= 15 is 0 Å². The van der Waals surface area contributed by atoms with E-state index in [9.17, 15) is 9.59 Å². The molecular formula is C30H40ClN5O3. The van der Waals surface area contributed by atoms with Crippen LogP contribution in [0.1, 0.15) is 59.3 Å². The summed E-state index contributed by atoms with van der Waals surface area (Å²) in [5.74, 6) is 0.697. The van der Waals surface area contributed by atoms with Crippen molar-refractivity contribution in [3.8, 4) is 5.75 Å². The van der Waals surface area contributed by atoms with Crippen LogP contribution in [-0.4, -0.2) is 61.7 Å². The van der Waals surface area contributed by atoms with Crippen LogP contribution in [0.5, 0.6) is 5.75 Å². The fourth-order valence-electron chi connectivity index (χ4n) is 9.12. The Morgan fingerprint density at radius 2 is 1.85 bits per heavy atom. The van der Waals surface area contributed by atoms with E-state index in [1.165, 1.54) is 0 Å². The maximum absolute atomic E-state index is 13.2. The summed E-state index contributed by atoms with van der Waals surface area (Å²) in [6.07, 6.45) is 8.74. The molecule has 3 amide bonds. The van der Waals surface area contributed by atoms with E-state index in [1.807, 2.05) is 13.1 Å². The van der Waals surface area contributed by atoms with E-state index in [4.69, 9.17) is 21.3 Å². The molecule has 2 N–H and O–H groups in total. The lowest BCUT2D eigenvalue weighted by Crippen LogP contribution is -2.75. The standard InChI is InChI=1S/C30H40ClN5O3/c1-26-13-11-23(35-25(38)34-20-18-19(31)8-9-21(20)39-7)27(26,2)16-17-29(32-4)22(26)10-15-30(33-5)28(29,3)14-12-24(37)36(30)6/h8-9,12,14,18,22-23H,4-5,10-11,13,15-17H2,1-3,6-7H3,(H2,34,35,38)/t22-,23-,26-,27+,28+,29+,30+/m0/s1. The van der Waals surface area contributed by atoms with E-state index in [-0.39, 0.29) is 34.7 Å². The number of methoxy groups -OCH3 is 1. The molecule has 1 aromatic carbocycles. The third-order valence-corrected chi connectivity index (χ3v) is 11.8. The monoisotopic (exact) mass is 553 g/mol. The van der Waals surface area contributed by atoms with Crippen molar-refractivity contribution in [1.29, 1.82) is 0 Å². The van der Waals surface area contributed by atoms with E-state index in [0.29, 0.717) is 22.9 Å². The predicted molar refractivity (Wildman–Crippen MR) is 156 cm³/mol. The summed E-state index contributed by atoms with van der Waals surface area (Å²) in [5, 5.41) is 6.76. The van der Waals surface area contributed by atoms with Crippen LogP contribution in [-0.2, 0) is 4.79 Å². The highest BCUT2D eigenvalue weighted by molar-refractivity contribution is 6.31. The highest BCUT2D eigenvalue weighted by Gasteiger charge is 2.75. The first-order valence-electron chi connectivity index (χ1n) is 13.7. The van der Waals surface area contributed by atoms with Gasteiger partial charge in [-0.2, -0.15) is 0 Å². The Morgan fingerprint density at radius 1 is 1.10 bits per heavy atom. The van der Waals surface area contributed by atoms with Gasteiger partial charge in [-0.25, -0.2) is 4.79 Å². The number of urea groups is 1. The minimum atomic E-state index is -0.771. The highest BCUT2D eigenvalue weighted by atomic mass is 35.5. The third kappa shape index (κ3) is 3.42. The Labute approximate surface area is 236 Å². The predicted octanol–water partition coefficient (Wildman–Crippen LogP) is 5.72. The molecule has 0 bridgehead atoms. The van der Waals surface area contributed by atoms with Gasteiger partial charge in [-0.3, -0.25) is 14.8 Å². The van der Waals surface area contributed by atoms with Crippen molar-refractivity contribution in [3.05, 3.63) is 35.4 Å². The van der Waals surface area contributed by atoms with Gasteiger partial charge in [0.1, 0.15) is 11.4 Å². The normalized spacial score (nSPS) is 40.7. The molecule has 9 heteroatoms. The number of benzene rings is 1. The van der Waals surface area contributed by atoms with Gasteiger partial charge in [-0.1, -0.05) is 31.5 Å². The molecule has 0 unspecified atom stereocenters. The summed E-state index contributed by atoms with van der Waals surface area (Å²) >= 11 is 6.17. The molecule has 1 aromatic rings. The van der Waals surface area contributed by atoms with Gasteiger partial charge < -0.3 is 20.3 Å². The quantitative estimate of drug-likeness (QED) is 0.456. The second kappa shape index (κ2) is 9.08. The fraction of sp³-hybridized carbons (Fsp3) is 0.600. The number of carbonyl (C=O) groups is 2. The first-order valence-corrected chi connectivity index (χ1v) is 14.1. The molecule has 1 aliphatic heterocycles. The van der Waals surface area contributed by atoms with Crippen molar-refractivity contribution in [2.24, 2.45) is 32.1 Å². The van der Waals surface area contributed by atoms with Gasteiger partial charge in [0.2, 0.25) is 5.91 Å². The van der Waals surface area contributed by atoms with Crippen LogP contribution in [0.15, 0.2) is 40.3 Å². The number of anilines is 1. The molecule has 8 nitrogen and oxygen atoms in total. The zero-order chi connectivity index (χ0) is 28.4. The van der Waals surface area contributed by atoms with Gasteiger partial charge in [0.15, 0.2) is 0 Å². The van der Waals surface area contributed by atoms with Crippen molar-refractivity contribution in [2.45, 2.75) is 76.5 Å². The molecule has 4 aliphatic rings. The number of nitrogens with one attached hydrogen (secondary N) is 2. The van der Waals surface area contributed by atoms with E-state index in [0.717, 1.165) is 32.1 Å². The van der Waals surface area contributed by atoms with E-state index < -0.39 is 16.6 Å². The number of amides is 3. The molecule has 210 valence electrons. The third-order valence-electron chi connectivity index (χ3n) is 11.6. The Bertz CT molecular complexity index is 1270. The van der Waals surface area contributed by atoms with Gasteiger partial charge in [-0.15, -0.1) is 0 Å². The number of hydrogen-bond donors (Lipinski definition) is 2. The molecule has 5 rings (SSSR count). The van der Waals surface area contributed by atoms with Crippen LogP contribution >= 0.6 is 11.6 Å². The Morgan fingerprint density at radius 3 is 2.51 bits per heavy atom. The number of nitrogens with zero attached hydrogens (tertiary/aromatic N) is 3.